The van der Waals surface area contributed by atoms with Crippen LogP contribution in [0.25, 0.3) is 0 Å². The monoisotopic (exact) mass is 1070 g/mol. The number of esters is 4. The average molecular weight is 1070 g/mol. The molecule has 0 spiro atoms. The molecule has 1 saturated heterocycles. The highest BCUT2D eigenvalue weighted by Crippen LogP contribution is 2.25. The van der Waals surface area contributed by atoms with Crippen molar-refractivity contribution in [2.45, 2.75) is 170 Å². The number of cyclic esters (lactones) is 4. The lowest BCUT2D eigenvalue weighted by Crippen LogP contribution is -2.55. The van der Waals surface area contributed by atoms with Crippen LogP contribution in [0.3, 0.4) is 0 Å². The number of benzene rings is 2. The van der Waals surface area contributed by atoms with Crippen molar-refractivity contribution in [3.8, 4) is 6.07 Å². The quantitative estimate of drug-likeness (QED) is 0.122. The number of aromatic nitrogens is 1. The van der Waals surface area contributed by atoms with Crippen LogP contribution >= 0.6 is 0 Å². The van der Waals surface area contributed by atoms with Crippen LogP contribution in [0.5, 0.6) is 0 Å². The zero-order chi connectivity index (χ0) is 57.6. The summed E-state index contributed by atoms with van der Waals surface area (Å²) in [5, 5.41) is 9.67. The third kappa shape index (κ3) is 17.2. The minimum absolute atomic E-state index is 0.0755. The van der Waals surface area contributed by atoms with E-state index in [9.17, 15) is 43.6 Å². The SMILES string of the molecule is Cc1ccc(C#N)n1Cc1ccc(C[C@H]2OC(=O)[C@H](CC(C)C)N(C)C(=O)[C@@H](C)OC(=O)[C@H](CC(C)C)N(C)C(=O)[C@@H](Cc3ccccc3)OC(=O)[C@H](CC(C)C)N(C)C(=O)[C@@H](C)OC(=O)[C@H](CC(C)C)N(C)C2=O)cc1. The number of amides is 4. The molecule has 0 unspecified atom stereocenters. The van der Waals surface area contributed by atoms with E-state index >= 15 is 0 Å². The Kier molecular flexibility index (Phi) is 23.0. The number of likely N-dealkylation sites (N-methyl/N-ethyl adjacent to an activating group) is 4. The van der Waals surface area contributed by atoms with Crippen molar-refractivity contribution >= 4 is 47.5 Å². The lowest BCUT2D eigenvalue weighted by molar-refractivity contribution is -0.176. The van der Waals surface area contributed by atoms with Crippen molar-refractivity contribution in [2.75, 3.05) is 28.2 Å². The van der Waals surface area contributed by atoms with E-state index in [-0.39, 0.29) is 62.2 Å². The maximum Gasteiger partial charge on any atom is 0.329 e. The number of nitrogens with zero attached hydrogens (tertiary/aromatic N) is 6. The molecule has 3 aromatic rings. The number of carbonyl (C=O) groups is 8. The van der Waals surface area contributed by atoms with Crippen LogP contribution in [0.1, 0.15) is 123 Å². The van der Waals surface area contributed by atoms with Crippen LogP contribution in [0.15, 0.2) is 66.7 Å². The zero-order valence-electron chi connectivity index (χ0n) is 47.8. The van der Waals surface area contributed by atoms with Crippen LogP contribution < -0.4 is 0 Å². The molecule has 0 radical (unpaired) electrons. The van der Waals surface area contributed by atoms with Gasteiger partial charge in [-0.1, -0.05) is 110 Å². The molecule has 2 heterocycles. The van der Waals surface area contributed by atoms with Gasteiger partial charge in [-0.05, 0) is 98.9 Å². The van der Waals surface area contributed by atoms with Crippen molar-refractivity contribution in [1.29, 1.82) is 5.26 Å². The van der Waals surface area contributed by atoms with Gasteiger partial charge in [-0.2, -0.15) is 5.26 Å². The molecule has 0 bridgehead atoms. The fourth-order valence-corrected chi connectivity index (χ4v) is 9.36. The molecule has 1 aliphatic heterocycles. The molecule has 18 heteroatoms. The molecule has 77 heavy (non-hydrogen) atoms. The van der Waals surface area contributed by atoms with Crippen LogP contribution in [-0.4, -0.2) is 148 Å². The third-order valence-corrected chi connectivity index (χ3v) is 13.8. The minimum Gasteiger partial charge on any atom is -0.451 e. The highest BCUT2D eigenvalue weighted by atomic mass is 16.6. The summed E-state index contributed by atoms with van der Waals surface area (Å²) < 4.78 is 25.9. The molecule has 2 aromatic carbocycles. The van der Waals surface area contributed by atoms with Gasteiger partial charge >= 0.3 is 23.9 Å². The van der Waals surface area contributed by atoms with Gasteiger partial charge in [0.25, 0.3) is 23.6 Å². The van der Waals surface area contributed by atoms with Crippen molar-refractivity contribution in [2.24, 2.45) is 23.7 Å². The second kappa shape index (κ2) is 28.4. The largest absolute Gasteiger partial charge is 0.451 e. The highest BCUT2D eigenvalue weighted by molar-refractivity contribution is 5.94. The molecule has 4 amide bonds. The summed E-state index contributed by atoms with van der Waals surface area (Å²) in [5.41, 5.74) is 3.47. The molecule has 4 rings (SSSR count). The average Bonchev–Trinajstić information content (AvgIpc) is 3.73. The van der Waals surface area contributed by atoms with Crippen LogP contribution in [0, 0.1) is 41.9 Å². The highest BCUT2D eigenvalue weighted by Gasteiger charge is 2.43. The van der Waals surface area contributed by atoms with Crippen molar-refractivity contribution in [1.82, 2.24) is 24.2 Å². The van der Waals surface area contributed by atoms with Crippen molar-refractivity contribution in [3.05, 3.63) is 94.8 Å². The van der Waals surface area contributed by atoms with Gasteiger partial charge in [0.15, 0.2) is 24.4 Å². The smallest absolute Gasteiger partial charge is 0.329 e. The van der Waals surface area contributed by atoms with Crippen LogP contribution in [0.4, 0.5) is 0 Å². The van der Waals surface area contributed by atoms with E-state index < -0.39 is 96.1 Å². The molecular formula is C59H82N6O12. The van der Waals surface area contributed by atoms with Gasteiger partial charge in [0.1, 0.15) is 35.9 Å². The first kappa shape index (κ1) is 62.5. The maximum atomic E-state index is 15.0. The predicted octanol–water partition coefficient (Wildman–Crippen LogP) is 6.69. The van der Waals surface area contributed by atoms with E-state index in [0.717, 1.165) is 30.9 Å². The first-order chi connectivity index (χ1) is 36.1. The molecule has 1 aromatic heterocycles. The van der Waals surface area contributed by atoms with E-state index in [1.807, 2.05) is 85.1 Å². The van der Waals surface area contributed by atoms with Gasteiger partial charge in [0, 0.05) is 53.3 Å². The predicted molar refractivity (Wildman–Crippen MR) is 288 cm³/mol. The summed E-state index contributed by atoms with van der Waals surface area (Å²) >= 11 is 0. The first-order valence-electron chi connectivity index (χ1n) is 26.7. The molecule has 1 aliphatic rings. The Bertz CT molecular complexity index is 2550. The number of rotatable bonds is 14. The summed E-state index contributed by atoms with van der Waals surface area (Å²) in [7, 11) is 5.54. The van der Waals surface area contributed by atoms with Crippen LogP contribution in [-0.2, 0) is 76.7 Å². The zero-order valence-corrected chi connectivity index (χ0v) is 47.8. The second-order valence-electron chi connectivity index (χ2n) is 22.2. The summed E-state index contributed by atoms with van der Waals surface area (Å²) in [6, 6.07) is 16.7. The molecule has 420 valence electrons. The fraction of sp³-hybridized carbons (Fsp3) is 0.576. The van der Waals surface area contributed by atoms with E-state index in [4.69, 9.17) is 18.9 Å². The summed E-state index contributed by atoms with van der Waals surface area (Å²) in [6.45, 7) is 19.8. The standard InChI is InChI=1S/C59H82N6O12/c1-35(2)27-46-56(70)74-41(11)53(67)62(13)49(30-38(7)8)59(73)77-51(32-43-22-24-44(25-23-43)34-65-39(9)21-26-45(65)33-60)55(69)64(15)47(28-36(3)4)57(71)75-40(10)52(66)61(12)48(29-37(5)6)58(72)76-50(54(68)63(46)14)31-42-19-17-16-18-20-42/h16-26,35-38,40-41,46-51H,27-32,34H2,1-15H3/t40-,41-,46+,47+,48+,49+,50-,51-/m1/s1. The van der Waals surface area contributed by atoms with Gasteiger partial charge in [-0.25, -0.2) is 19.2 Å². The number of ether oxygens (including phenoxy) is 4. The normalized spacial score (nSPS) is 23.6. The Morgan fingerprint density at radius 1 is 0.455 bits per heavy atom. The Hall–Kier alpha value is -7.03. The van der Waals surface area contributed by atoms with Crippen LogP contribution in [0.2, 0.25) is 0 Å². The van der Waals surface area contributed by atoms with Gasteiger partial charge in [0.2, 0.25) is 0 Å². The minimum atomic E-state index is -1.56. The van der Waals surface area contributed by atoms with E-state index in [1.54, 1.807) is 48.5 Å². The summed E-state index contributed by atoms with van der Waals surface area (Å²) in [5.74, 6) is -7.43. The third-order valence-electron chi connectivity index (χ3n) is 13.8. The maximum absolute atomic E-state index is 15.0. The molecule has 18 nitrogen and oxygen atoms in total. The molecule has 1 fully saturated rings. The Morgan fingerprint density at radius 2 is 0.779 bits per heavy atom. The van der Waals surface area contributed by atoms with E-state index in [1.165, 1.54) is 42.0 Å². The lowest BCUT2D eigenvalue weighted by Gasteiger charge is -2.35. The molecular weight excluding hydrogens is 985 g/mol. The topological polar surface area (TPSA) is 215 Å². The Labute approximate surface area is 455 Å². The van der Waals surface area contributed by atoms with Crippen molar-refractivity contribution < 1.29 is 57.3 Å². The molecule has 0 saturated carbocycles. The summed E-state index contributed by atoms with van der Waals surface area (Å²) in [6.07, 6.45) is -5.92. The fourth-order valence-electron chi connectivity index (χ4n) is 9.36. The number of aryl methyl sites for hydroxylation is 1. The first-order valence-corrected chi connectivity index (χ1v) is 26.7. The van der Waals surface area contributed by atoms with Crippen molar-refractivity contribution in [3.63, 3.8) is 0 Å². The Morgan fingerprint density at radius 3 is 1.13 bits per heavy atom. The number of hydrogen-bond donors (Lipinski definition) is 0. The van der Waals surface area contributed by atoms with Gasteiger partial charge in [0.05, 0.1) is 0 Å². The van der Waals surface area contributed by atoms with Gasteiger partial charge in [-0.15, -0.1) is 0 Å². The molecule has 0 aliphatic carbocycles. The number of nitriles is 1. The van der Waals surface area contributed by atoms with E-state index in [0.29, 0.717) is 23.4 Å². The number of carbonyl (C=O) groups excluding carboxylic acids is 8. The van der Waals surface area contributed by atoms with Gasteiger partial charge in [-0.3, -0.25) is 19.2 Å². The van der Waals surface area contributed by atoms with E-state index in [2.05, 4.69) is 6.07 Å². The molecule has 0 N–H and O–H groups in total. The molecule has 8 atom stereocenters. The lowest BCUT2D eigenvalue weighted by atomic mass is 9.99. The number of hydrogen-bond acceptors (Lipinski definition) is 13. The van der Waals surface area contributed by atoms with Gasteiger partial charge < -0.3 is 43.1 Å². The summed E-state index contributed by atoms with van der Waals surface area (Å²) in [4.78, 5) is 121. The Balaban J connectivity index is 1.86. The second-order valence-corrected chi connectivity index (χ2v) is 22.2.